The average molecular weight is 261 g/mol. The molecule has 0 aliphatic rings. The lowest BCUT2D eigenvalue weighted by molar-refractivity contribution is 0.177. The van der Waals surface area contributed by atoms with Gasteiger partial charge < -0.3 is 9.84 Å². The lowest BCUT2D eigenvalue weighted by Crippen LogP contribution is -2.03. The summed E-state index contributed by atoms with van der Waals surface area (Å²) in [5.41, 5.74) is 1.41. The highest BCUT2D eigenvalue weighted by molar-refractivity contribution is 5.27. The summed E-state index contributed by atoms with van der Waals surface area (Å²) in [5.74, 6) is 0.323. The Balaban J connectivity index is 2.11. The third-order valence-electron chi connectivity index (χ3n) is 2.75. The molecule has 1 atom stereocenters. The van der Waals surface area contributed by atoms with Crippen molar-refractivity contribution in [2.24, 2.45) is 0 Å². The van der Waals surface area contributed by atoms with E-state index in [4.69, 9.17) is 4.74 Å². The van der Waals surface area contributed by atoms with Crippen LogP contribution in [0.4, 0.5) is 4.39 Å². The van der Waals surface area contributed by atoms with Gasteiger partial charge in [-0.25, -0.2) is 4.39 Å². The number of aliphatic hydroxyl groups excluding tert-OH is 1. The van der Waals surface area contributed by atoms with Gasteiger partial charge in [-0.05, 0) is 30.7 Å². The highest BCUT2D eigenvalue weighted by atomic mass is 19.1. The van der Waals surface area contributed by atoms with Gasteiger partial charge in [0.1, 0.15) is 11.6 Å². The molecule has 2 aromatic rings. The summed E-state index contributed by atoms with van der Waals surface area (Å²) in [4.78, 5) is 4.02. The zero-order valence-electron chi connectivity index (χ0n) is 10.7. The first-order valence-corrected chi connectivity index (χ1v) is 6.19. The van der Waals surface area contributed by atoms with Gasteiger partial charge in [-0.15, -0.1) is 0 Å². The number of aliphatic hydroxyl groups is 1. The molecule has 1 unspecified atom stereocenters. The van der Waals surface area contributed by atoms with E-state index in [0.29, 0.717) is 24.3 Å². The third-order valence-corrected chi connectivity index (χ3v) is 2.75. The summed E-state index contributed by atoms with van der Waals surface area (Å²) in [6, 6.07) is 7.97. The molecule has 2 rings (SSSR count). The van der Waals surface area contributed by atoms with E-state index in [0.717, 1.165) is 5.56 Å². The highest BCUT2D eigenvalue weighted by Crippen LogP contribution is 2.21. The maximum Gasteiger partial charge on any atom is 0.137 e. The van der Waals surface area contributed by atoms with Crippen molar-refractivity contribution in [2.75, 3.05) is 6.61 Å². The number of nitrogens with zero attached hydrogens (tertiary/aromatic N) is 1. The first-order chi connectivity index (χ1) is 9.19. The number of hydrogen-bond donors (Lipinski definition) is 1. The molecule has 0 bridgehead atoms. The van der Waals surface area contributed by atoms with Crippen molar-refractivity contribution in [3.8, 4) is 5.75 Å². The zero-order chi connectivity index (χ0) is 13.7. The van der Waals surface area contributed by atoms with Crippen molar-refractivity contribution in [3.05, 3.63) is 59.7 Å². The molecule has 0 saturated heterocycles. The number of hydrogen-bond acceptors (Lipinski definition) is 3. The molecule has 100 valence electrons. The van der Waals surface area contributed by atoms with Gasteiger partial charge in [-0.1, -0.05) is 12.1 Å². The molecule has 0 fully saturated rings. The number of aromatic nitrogens is 1. The normalized spacial score (nSPS) is 12.2. The van der Waals surface area contributed by atoms with Crippen LogP contribution in [0.5, 0.6) is 5.75 Å². The van der Waals surface area contributed by atoms with Gasteiger partial charge in [0.15, 0.2) is 0 Å². The van der Waals surface area contributed by atoms with Crippen LogP contribution in [0.15, 0.2) is 42.7 Å². The van der Waals surface area contributed by atoms with E-state index in [1.54, 1.807) is 30.6 Å². The van der Waals surface area contributed by atoms with Crippen LogP contribution < -0.4 is 4.74 Å². The summed E-state index contributed by atoms with van der Waals surface area (Å²) in [5, 5.41) is 10.1. The molecule has 3 nitrogen and oxygen atoms in total. The van der Waals surface area contributed by atoms with Gasteiger partial charge in [-0.2, -0.15) is 0 Å². The molecule has 1 heterocycles. The minimum atomic E-state index is -0.727. The van der Waals surface area contributed by atoms with Gasteiger partial charge >= 0.3 is 0 Å². The molecule has 19 heavy (non-hydrogen) atoms. The predicted octanol–water partition coefficient (Wildman–Crippen LogP) is 2.90. The Morgan fingerprint density at radius 1 is 1.32 bits per heavy atom. The number of rotatable bonds is 5. The van der Waals surface area contributed by atoms with Crippen LogP contribution in [0.1, 0.15) is 24.2 Å². The van der Waals surface area contributed by atoms with E-state index < -0.39 is 6.10 Å². The maximum atomic E-state index is 13.1. The Kier molecular flexibility index (Phi) is 4.47. The summed E-state index contributed by atoms with van der Waals surface area (Å²) in [6.45, 7) is 2.43. The summed E-state index contributed by atoms with van der Waals surface area (Å²) in [7, 11) is 0. The molecule has 1 aromatic heterocycles. The van der Waals surface area contributed by atoms with Crippen LogP contribution in [-0.2, 0) is 6.42 Å². The first-order valence-electron chi connectivity index (χ1n) is 6.19. The van der Waals surface area contributed by atoms with Crippen LogP contribution in [-0.4, -0.2) is 16.7 Å². The van der Waals surface area contributed by atoms with Crippen LogP contribution in [0.25, 0.3) is 0 Å². The second kappa shape index (κ2) is 6.29. The smallest absolute Gasteiger partial charge is 0.137 e. The molecule has 0 amide bonds. The third kappa shape index (κ3) is 3.76. The maximum absolute atomic E-state index is 13.1. The van der Waals surface area contributed by atoms with E-state index in [2.05, 4.69) is 4.98 Å². The van der Waals surface area contributed by atoms with E-state index >= 15 is 0 Å². The Hall–Kier alpha value is -1.94. The molecular weight excluding hydrogens is 245 g/mol. The fraction of sp³-hybridized carbons (Fsp3) is 0.267. The molecular formula is C15H16FNO2. The number of pyridine rings is 1. The summed E-state index contributed by atoms with van der Waals surface area (Å²) >= 11 is 0. The average Bonchev–Trinajstić information content (AvgIpc) is 2.39. The van der Waals surface area contributed by atoms with E-state index in [1.165, 1.54) is 12.1 Å². The highest BCUT2D eigenvalue weighted by Gasteiger charge is 2.10. The monoisotopic (exact) mass is 261 g/mol. The Morgan fingerprint density at radius 3 is 2.89 bits per heavy atom. The van der Waals surface area contributed by atoms with Gasteiger partial charge in [0.25, 0.3) is 0 Å². The predicted molar refractivity (Wildman–Crippen MR) is 70.5 cm³/mol. The van der Waals surface area contributed by atoms with Crippen LogP contribution in [0.2, 0.25) is 0 Å². The topological polar surface area (TPSA) is 42.4 Å². The molecule has 4 heteroatoms. The number of benzene rings is 1. The molecule has 1 aromatic carbocycles. The molecule has 0 aliphatic carbocycles. The van der Waals surface area contributed by atoms with Crippen molar-refractivity contribution >= 4 is 0 Å². The largest absolute Gasteiger partial charge is 0.492 e. The summed E-state index contributed by atoms with van der Waals surface area (Å²) < 4.78 is 18.4. The second-order valence-electron chi connectivity index (χ2n) is 4.24. The Morgan fingerprint density at radius 2 is 2.16 bits per heavy atom. The standard InChI is InChI=1S/C15H16FNO2/c1-2-19-14-8-12(9-17-10-14)15(18)7-11-4-3-5-13(16)6-11/h3-6,8-10,15,18H,2,7H2,1H3. The van der Waals surface area contributed by atoms with Gasteiger partial charge in [0.2, 0.25) is 0 Å². The van der Waals surface area contributed by atoms with Crippen molar-refractivity contribution in [1.29, 1.82) is 0 Å². The van der Waals surface area contributed by atoms with Crippen molar-refractivity contribution in [3.63, 3.8) is 0 Å². The molecule has 1 N–H and O–H groups in total. The van der Waals surface area contributed by atoms with Crippen molar-refractivity contribution < 1.29 is 14.2 Å². The van der Waals surface area contributed by atoms with E-state index in [-0.39, 0.29) is 5.82 Å². The zero-order valence-corrected chi connectivity index (χ0v) is 10.7. The van der Waals surface area contributed by atoms with Crippen LogP contribution >= 0.6 is 0 Å². The fourth-order valence-corrected chi connectivity index (χ4v) is 1.87. The Bertz CT molecular complexity index is 545. The molecule has 0 saturated carbocycles. The molecule has 0 spiro atoms. The van der Waals surface area contributed by atoms with E-state index in [1.807, 2.05) is 6.92 Å². The lowest BCUT2D eigenvalue weighted by atomic mass is 10.0. The lowest BCUT2D eigenvalue weighted by Gasteiger charge is -2.12. The first kappa shape index (κ1) is 13.5. The minimum Gasteiger partial charge on any atom is -0.492 e. The quantitative estimate of drug-likeness (QED) is 0.899. The van der Waals surface area contributed by atoms with Gasteiger partial charge in [0.05, 0.1) is 18.9 Å². The second-order valence-corrected chi connectivity index (χ2v) is 4.24. The van der Waals surface area contributed by atoms with Crippen molar-refractivity contribution in [1.82, 2.24) is 4.98 Å². The molecule has 0 aliphatic heterocycles. The summed E-state index contributed by atoms with van der Waals surface area (Å²) in [6.07, 6.45) is 2.80. The Labute approximate surface area is 111 Å². The van der Waals surface area contributed by atoms with Crippen molar-refractivity contribution in [2.45, 2.75) is 19.4 Å². The van der Waals surface area contributed by atoms with Gasteiger partial charge in [0, 0.05) is 18.2 Å². The number of halogens is 1. The number of ether oxygens (including phenoxy) is 1. The fourth-order valence-electron chi connectivity index (χ4n) is 1.87. The van der Waals surface area contributed by atoms with Crippen LogP contribution in [0.3, 0.4) is 0 Å². The van der Waals surface area contributed by atoms with E-state index in [9.17, 15) is 9.50 Å². The van der Waals surface area contributed by atoms with Gasteiger partial charge in [-0.3, -0.25) is 4.98 Å². The minimum absolute atomic E-state index is 0.300. The molecule has 0 radical (unpaired) electrons. The van der Waals surface area contributed by atoms with Crippen LogP contribution in [0, 0.1) is 5.82 Å². The SMILES string of the molecule is CCOc1cncc(C(O)Cc2cccc(F)c2)c1.